The molecule has 0 radical (unpaired) electrons. The molecule has 0 saturated heterocycles. The van der Waals surface area contributed by atoms with E-state index in [1.807, 2.05) is 13.0 Å². The molecule has 0 aliphatic rings. The molecule has 0 aromatic heterocycles. The van der Waals surface area contributed by atoms with E-state index >= 15 is 0 Å². The number of nitrogens with zero attached hydrogens (tertiary/aromatic N) is 1. The summed E-state index contributed by atoms with van der Waals surface area (Å²) in [5, 5.41) is 6.24. The number of rotatable bonds is 9. The Balaban J connectivity index is 0.00000576. The number of guanidine groups is 1. The molecule has 10 heteroatoms. The molecule has 0 atom stereocenters. The first-order valence-corrected chi connectivity index (χ1v) is 9.35. The maximum Gasteiger partial charge on any atom is 0.211 e. The maximum absolute atomic E-state index is 11.4. The molecule has 0 unspecified atom stereocenters. The number of benzene rings is 1. The molecule has 1 rings (SSSR count). The van der Waals surface area contributed by atoms with Crippen molar-refractivity contribution < 1.29 is 17.9 Å². The van der Waals surface area contributed by atoms with Gasteiger partial charge in [-0.15, -0.1) is 24.0 Å². The van der Waals surface area contributed by atoms with Crippen molar-refractivity contribution in [3.8, 4) is 11.5 Å². The highest BCUT2D eigenvalue weighted by Gasteiger charge is 2.07. The average Bonchev–Trinajstić information content (AvgIpc) is 2.58. The maximum atomic E-state index is 11.4. The Bertz CT molecular complexity index is 653. The highest BCUT2D eigenvalue weighted by atomic mass is 127. The number of hydrogen-bond acceptors (Lipinski definition) is 5. The van der Waals surface area contributed by atoms with Gasteiger partial charge in [0.25, 0.3) is 0 Å². The summed E-state index contributed by atoms with van der Waals surface area (Å²) in [5.74, 6) is 1.86. The molecule has 0 bridgehead atoms. The quantitative estimate of drug-likeness (QED) is 0.212. The molecule has 0 aliphatic heterocycles. The van der Waals surface area contributed by atoms with Gasteiger partial charge < -0.3 is 20.1 Å². The lowest BCUT2D eigenvalue weighted by Gasteiger charge is -2.14. The van der Waals surface area contributed by atoms with Crippen LogP contribution in [0.1, 0.15) is 13.8 Å². The van der Waals surface area contributed by atoms with Crippen LogP contribution in [0.3, 0.4) is 0 Å². The molecule has 0 fully saturated rings. The van der Waals surface area contributed by atoms with Gasteiger partial charge in [-0.25, -0.2) is 13.1 Å². The minimum Gasteiger partial charge on any atom is -0.493 e. The lowest BCUT2D eigenvalue weighted by atomic mass is 10.3. The molecule has 144 valence electrons. The van der Waals surface area contributed by atoms with Crippen LogP contribution in [0.25, 0.3) is 0 Å². The van der Waals surface area contributed by atoms with Gasteiger partial charge in [0.05, 0.1) is 26.5 Å². The second kappa shape index (κ2) is 12.1. The highest BCUT2D eigenvalue weighted by Crippen LogP contribution is 2.29. The third-order valence-corrected chi connectivity index (χ3v) is 4.48. The zero-order valence-corrected chi connectivity index (χ0v) is 18.1. The number of nitrogens with one attached hydrogen (secondary N) is 3. The first-order valence-electron chi connectivity index (χ1n) is 7.70. The number of sulfonamides is 1. The van der Waals surface area contributed by atoms with E-state index in [1.54, 1.807) is 33.3 Å². The Hall–Kier alpha value is -1.27. The number of aliphatic imine (C=N–C) groups is 1. The van der Waals surface area contributed by atoms with Crippen LogP contribution in [-0.2, 0) is 10.0 Å². The van der Waals surface area contributed by atoms with Gasteiger partial charge in [-0.05, 0) is 26.0 Å². The van der Waals surface area contributed by atoms with Gasteiger partial charge in [-0.2, -0.15) is 0 Å². The molecular formula is C15H27IN4O4S. The summed E-state index contributed by atoms with van der Waals surface area (Å²) in [6.07, 6.45) is 0. The van der Waals surface area contributed by atoms with Gasteiger partial charge in [0, 0.05) is 24.8 Å². The minimum absolute atomic E-state index is 0. The van der Waals surface area contributed by atoms with E-state index in [1.165, 1.54) is 0 Å². The summed E-state index contributed by atoms with van der Waals surface area (Å²) >= 11 is 0. The number of ether oxygens (including phenoxy) is 2. The zero-order valence-electron chi connectivity index (χ0n) is 15.0. The van der Waals surface area contributed by atoms with E-state index in [0.29, 0.717) is 30.5 Å². The third-order valence-electron chi connectivity index (χ3n) is 3.07. The van der Waals surface area contributed by atoms with E-state index in [2.05, 4.69) is 20.3 Å². The molecule has 8 nitrogen and oxygen atoms in total. The van der Waals surface area contributed by atoms with Crippen LogP contribution < -0.4 is 24.8 Å². The third kappa shape index (κ3) is 8.59. The normalized spacial score (nSPS) is 11.4. The van der Waals surface area contributed by atoms with Crippen LogP contribution in [0.2, 0.25) is 0 Å². The fraction of sp³-hybridized carbons (Fsp3) is 0.533. The van der Waals surface area contributed by atoms with Gasteiger partial charge in [0.15, 0.2) is 17.5 Å². The van der Waals surface area contributed by atoms with Gasteiger partial charge in [0.1, 0.15) is 0 Å². The summed E-state index contributed by atoms with van der Waals surface area (Å²) in [6, 6.07) is 5.43. The first kappa shape index (κ1) is 23.7. The van der Waals surface area contributed by atoms with E-state index in [9.17, 15) is 8.42 Å². The van der Waals surface area contributed by atoms with Crippen LogP contribution in [-0.4, -0.2) is 54.0 Å². The SMILES string of the molecule is CCNC(=NCCNS(=O)(=O)CC)Nc1ccc(OC)c(OC)c1.I. The molecule has 1 aromatic carbocycles. The molecule has 0 aliphatic carbocycles. The van der Waals surface area contributed by atoms with Crippen molar-refractivity contribution >= 4 is 45.6 Å². The summed E-state index contributed by atoms with van der Waals surface area (Å²) in [4.78, 5) is 4.34. The van der Waals surface area contributed by atoms with Crippen LogP contribution in [0.15, 0.2) is 23.2 Å². The first-order chi connectivity index (χ1) is 11.5. The number of methoxy groups -OCH3 is 2. The minimum atomic E-state index is -3.20. The van der Waals surface area contributed by atoms with Crippen LogP contribution >= 0.6 is 24.0 Å². The standard InChI is InChI=1S/C15H26N4O4S.HI/c1-5-16-15(17-9-10-18-24(20,21)6-2)19-12-7-8-13(22-3)14(11-12)23-4;/h7-8,11,18H,5-6,9-10H2,1-4H3,(H2,16,17,19);1H. The Morgan fingerprint density at radius 1 is 1.16 bits per heavy atom. The predicted molar refractivity (Wildman–Crippen MR) is 112 cm³/mol. The fourth-order valence-corrected chi connectivity index (χ4v) is 2.44. The largest absolute Gasteiger partial charge is 0.493 e. The lowest BCUT2D eigenvalue weighted by Crippen LogP contribution is -2.32. The van der Waals surface area contributed by atoms with Gasteiger partial charge in [-0.3, -0.25) is 4.99 Å². The van der Waals surface area contributed by atoms with E-state index in [4.69, 9.17) is 9.47 Å². The highest BCUT2D eigenvalue weighted by molar-refractivity contribution is 14.0. The summed E-state index contributed by atoms with van der Waals surface area (Å²) in [6.45, 7) is 4.79. The van der Waals surface area contributed by atoms with Gasteiger partial charge >= 0.3 is 0 Å². The molecular weight excluding hydrogens is 459 g/mol. The Morgan fingerprint density at radius 2 is 1.84 bits per heavy atom. The van der Waals surface area contributed by atoms with E-state index in [-0.39, 0.29) is 36.3 Å². The van der Waals surface area contributed by atoms with Crippen molar-refractivity contribution in [3.05, 3.63) is 18.2 Å². The average molecular weight is 486 g/mol. The Labute approximate surface area is 166 Å². The van der Waals surface area contributed by atoms with E-state index in [0.717, 1.165) is 5.69 Å². The smallest absolute Gasteiger partial charge is 0.211 e. The van der Waals surface area contributed by atoms with Crippen molar-refractivity contribution in [2.45, 2.75) is 13.8 Å². The number of halogens is 1. The van der Waals surface area contributed by atoms with Gasteiger partial charge in [0.2, 0.25) is 10.0 Å². The Kier molecular flexibility index (Phi) is 11.5. The molecule has 1 aromatic rings. The topological polar surface area (TPSA) is 101 Å². The number of anilines is 1. The number of hydrogen-bond donors (Lipinski definition) is 3. The second-order valence-electron chi connectivity index (χ2n) is 4.75. The molecule has 0 amide bonds. The second-order valence-corrected chi connectivity index (χ2v) is 6.85. The summed E-state index contributed by atoms with van der Waals surface area (Å²) in [7, 11) is -0.0484. The lowest BCUT2D eigenvalue weighted by molar-refractivity contribution is 0.355. The molecule has 25 heavy (non-hydrogen) atoms. The molecule has 3 N–H and O–H groups in total. The summed E-state index contributed by atoms with van der Waals surface area (Å²) in [5.41, 5.74) is 0.779. The zero-order chi connectivity index (χ0) is 18.0. The monoisotopic (exact) mass is 486 g/mol. The predicted octanol–water partition coefficient (Wildman–Crippen LogP) is 1.64. The van der Waals surface area contributed by atoms with E-state index < -0.39 is 10.0 Å². The molecule has 0 spiro atoms. The van der Waals surface area contributed by atoms with Crippen LogP contribution in [0.5, 0.6) is 11.5 Å². The Morgan fingerprint density at radius 3 is 2.40 bits per heavy atom. The van der Waals surface area contributed by atoms with Crippen LogP contribution in [0.4, 0.5) is 5.69 Å². The molecule has 0 saturated carbocycles. The van der Waals surface area contributed by atoms with Crippen molar-refractivity contribution in [1.82, 2.24) is 10.0 Å². The fourth-order valence-electron chi connectivity index (χ4n) is 1.83. The molecule has 0 heterocycles. The van der Waals surface area contributed by atoms with Crippen molar-refractivity contribution in [2.24, 2.45) is 4.99 Å². The summed E-state index contributed by atoms with van der Waals surface area (Å²) < 4.78 is 35.7. The van der Waals surface area contributed by atoms with Crippen LogP contribution in [0, 0.1) is 0 Å². The van der Waals surface area contributed by atoms with Crippen molar-refractivity contribution in [3.63, 3.8) is 0 Å². The van der Waals surface area contributed by atoms with Gasteiger partial charge in [-0.1, -0.05) is 0 Å². The van der Waals surface area contributed by atoms with Crippen molar-refractivity contribution in [1.29, 1.82) is 0 Å². The van der Waals surface area contributed by atoms with Crippen molar-refractivity contribution in [2.75, 3.05) is 44.9 Å².